The SMILES string of the molecule is CCC(C)N1C(=O)N(C)CC1CC(=O)O. The number of carbonyl (C=O) groups excluding carboxylic acids is 1. The van der Waals surface area contributed by atoms with Crippen molar-refractivity contribution in [3.63, 3.8) is 0 Å². The van der Waals surface area contributed by atoms with Gasteiger partial charge in [-0.2, -0.15) is 0 Å². The number of likely N-dealkylation sites (N-methyl/N-ethyl adjacent to an activating group) is 1. The summed E-state index contributed by atoms with van der Waals surface area (Å²) in [6.07, 6.45) is 0.871. The Balaban J connectivity index is 2.77. The number of hydrogen-bond acceptors (Lipinski definition) is 2. The normalized spacial score (nSPS) is 23.4. The molecule has 5 nitrogen and oxygen atoms in total. The van der Waals surface area contributed by atoms with Gasteiger partial charge in [0.25, 0.3) is 0 Å². The molecule has 1 aliphatic rings. The maximum atomic E-state index is 11.8. The van der Waals surface area contributed by atoms with Crippen LogP contribution < -0.4 is 0 Å². The third-order valence-corrected chi connectivity index (χ3v) is 2.90. The summed E-state index contributed by atoms with van der Waals surface area (Å²) in [6.45, 7) is 4.45. The molecule has 5 heteroatoms. The zero-order valence-electron chi connectivity index (χ0n) is 9.43. The van der Waals surface area contributed by atoms with Crippen LogP contribution in [0.25, 0.3) is 0 Å². The minimum atomic E-state index is -0.851. The zero-order valence-corrected chi connectivity index (χ0v) is 9.43. The Morgan fingerprint density at radius 1 is 1.67 bits per heavy atom. The van der Waals surface area contributed by atoms with Crippen molar-refractivity contribution in [2.24, 2.45) is 0 Å². The third-order valence-electron chi connectivity index (χ3n) is 2.90. The highest BCUT2D eigenvalue weighted by Crippen LogP contribution is 2.21. The first-order valence-electron chi connectivity index (χ1n) is 5.22. The number of rotatable bonds is 4. The van der Waals surface area contributed by atoms with Gasteiger partial charge in [-0.05, 0) is 13.3 Å². The fourth-order valence-electron chi connectivity index (χ4n) is 1.95. The molecule has 2 amide bonds. The minimum absolute atomic E-state index is 0.0282. The first-order valence-corrected chi connectivity index (χ1v) is 5.22. The fourth-order valence-corrected chi connectivity index (χ4v) is 1.95. The topological polar surface area (TPSA) is 60.9 Å². The van der Waals surface area contributed by atoms with Gasteiger partial charge in [0, 0.05) is 19.6 Å². The number of carbonyl (C=O) groups is 2. The second-order valence-corrected chi connectivity index (χ2v) is 4.08. The number of carboxylic acid groups (broad SMARTS) is 1. The molecule has 0 aromatic carbocycles. The van der Waals surface area contributed by atoms with E-state index in [0.717, 1.165) is 6.42 Å². The maximum absolute atomic E-state index is 11.8. The summed E-state index contributed by atoms with van der Waals surface area (Å²) < 4.78 is 0. The summed E-state index contributed by atoms with van der Waals surface area (Å²) in [5, 5.41) is 8.76. The van der Waals surface area contributed by atoms with Crippen LogP contribution in [0.2, 0.25) is 0 Å². The van der Waals surface area contributed by atoms with Crippen LogP contribution in [0.15, 0.2) is 0 Å². The van der Waals surface area contributed by atoms with Crippen LogP contribution in [-0.4, -0.2) is 52.6 Å². The van der Waals surface area contributed by atoms with Gasteiger partial charge in [0.15, 0.2) is 0 Å². The molecular weight excluding hydrogens is 196 g/mol. The van der Waals surface area contributed by atoms with E-state index in [0.29, 0.717) is 6.54 Å². The van der Waals surface area contributed by atoms with Gasteiger partial charge in [-0.1, -0.05) is 6.92 Å². The molecule has 0 bridgehead atoms. The van der Waals surface area contributed by atoms with E-state index in [1.807, 2.05) is 13.8 Å². The van der Waals surface area contributed by atoms with Gasteiger partial charge < -0.3 is 14.9 Å². The highest BCUT2D eigenvalue weighted by molar-refractivity contribution is 5.79. The van der Waals surface area contributed by atoms with E-state index in [-0.39, 0.29) is 24.5 Å². The molecule has 0 aromatic heterocycles. The number of nitrogens with zero attached hydrogens (tertiary/aromatic N) is 2. The van der Waals surface area contributed by atoms with Crippen molar-refractivity contribution < 1.29 is 14.7 Å². The van der Waals surface area contributed by atoms with Crippen LogP contribution in [0.5, 0.6) is 0 Å². The van der Waals surface area contributed by atoms with Gasteiger partial charge in [-0.25, -0.2) is 4.79 Å². The van der Waals surface area contributed by atoms with Crippen LogP contribution in [0, 0.1) is 0 Å². The Hall–Kier alpha value is -1.26. The largest absolute Gasteiger partial charge is 0.481 e. The van der Waals surface area contributed by atoms with E-state index in [1.54, 1.807) is 16.8 Å². The van der Waals surface area contributed by atoms with Gasteiger partial charge in [0.2, 0.25) is 0 Å². The second-order valence-electron chi connectivity index (χ2n) is 4.08. The lowest BCUT2D eigenvalue weighted by molar-refractivity contribution is -0.138. The summed E-state index contributed by atoms with van der Waals surface area (Å²) in [5.41, 5.74) is 0. The van der Waals surface area contributed by atoms with E-state index in [9.17, 15) is 9.59 Å². The van der Waals surface area contributed by atoms with Crippen molar-refractivity contribution in [2.75, 3.05) is 13.6 Å². The molecule has 0 aromatic rings. The van der Waals surface area contributed by atoms with Gasteiger partial charge in [-0.15, -0.1) is 0 Å². The smallest absolute Gasteiger partial charge is 0.320 e. The molecule has 0 saturated carbocycles. The van der Waals surface area contributed by atoms with Crippen molar-refractivity contribution in [1.29, 1.82) is 0 Å². The average molecular weight is 214 g/mol. The molecule has 0 radical (unpaired) electrons. The number of carboxylic acids is 1. The molecule has 0 spiro atoms. The van der Waals surface area contributed by atoms with Gasteiger partial charge in [0.1, 0.15) is 0 Å². The number of hydrogen-bond donors (Lipinski definition) is 1. The molecule has 2 atom stereocenters. The standard InChI is InChI=1S/C10H18N2O3/c1-4-7(2)12-8(5-9(13)14)6-11(3)10(12)15/h7-8H,4-6H2,1-3H3,(H,13,14). The summed E-state index contributed by atoms with van der Waals surface area (Å²) >= 11 is 0. The van der Waals surface area contributed by atoms with E-state index in [1.165, 1.54) is 0 Å². The molecular formula is C10H18N2O3. The predicted octanol–water partition coefficient (Wildman–Crippen LogP) is 0.996. The minimum Gasteiger partial charge on any atom is -0.481 e. The number of urea groups is 1. The molecule has 15 heavy (non-hydrogen) atoms. The van der Waals surface area contributed by atoms with E-state index >= 15 is 0 Å². The number of aliphatic carboxylic acids is 1. The highest BCUT2D eigenvalue weighted by atomic mass is 16.4. The summed E-state index contributed by atoms with van der Waals surface area (Å²) in [4.78, 5) is 25.7. The predicted molar refractivity (Wildman–Crippen MR) is 55.7 cm³/mol. The van der Waals surface area contributed by atoms with Crippen molar-refractivity contribution in [3.8, 4) is 0 Å². The van der Waals surface area contributed by atoms with Crippen LogP contribution in [0.4, 0.5) is 4.79 Å². The second kappa shape index (κ2) is 4.51. The molecule has 1 N–H and O–H groups in total. The molecule has 1 saturated heterocycles. The Bertz CT molecular complexity index is 267. The molecule has 1 rings (SSSR count). The van der Waals surface area contributed by atoms with Crippen LogP contribution in [-0.2, 0) is 4.79 Å². The highest BCUT2D eigenvalue weighted by Gasteiger charge is 2.38. The monoisotopic (exact) mass is 214 g/mol. The first kappa shape index (κ1) is 11.8. The molecule has 1 heterocycles. The van der Waals surface area contributed by atoms with Crippen molar-refractivity contribution in [2.45, 2.75) is 38.8 Å². The Labute approximate surface area is 89.7 Å². The number of amides is 2. The summed E-state index contributed by atoms with van der Waals surface area (Å²) in [5.74, 6) is -0.851. The van der Waals surface area contributed by atoms with E-state index in [4.69, 9.17) is 5.11 Å². The molecule has 2 unspecified atom stereocenters. The maximum Gasteiger partial charge on any atom is 0.320 e. The lowest BCUT2D eigenvalue weighted by Crippen LogP contribution is -2.42. The third kappa shape index (κ3) is 2.40. The van der Waals surface area contributed by atoms with Crippen LogP contribution in [0.1, 0.15) is 26.7 Å². The van der Waals surface area contributed by atoms with Crippen molar-refractivity contribution in [3.05, 3.63) is 0 Å². The van der Waals surface area contributed by atoms with Crippen molar-refractivity contribution in [1.82, 2.24) is 9.80 Å². The molecule has 1 fully saturated rings. The lowest BCUT2D eigenvalue weighted by atomic mass is 10.1. The van der Waals surface area contributed by atoms with E-state index in [2.05, 4.69) is 0 Å². The van der Waals surface area contributed by atoms with Crippen molar-refractivity contribution >= 4 is 12.0 Å². The van der Waals surface area contributed by atoms with Gasteiger partial charge >= 0.3 is 12.0 Å². The fraction of sp³-hybridized carbons (Fsp3) is 0.800. The molecule has 1 aliphatic heterocycles. The van der Waals surface area contributed by atoms with Gasteiger partial charge in [-0.3, -0.25) is 4.79 Å². The molecule has 86 valence electrons. The lowest BCUT2D eigenvalue weighted by Gasteiger charge is -2.27. The van der Waals surface area contributed by atoms with E-state index < -0.39 is 5.97 Å². The Morgan fingerprint density at radius 3 is 2.73 bits per heavy atom. The Morgan fingerprint density at radius 2 is 2.27 bits per heavy atom. The summed E-state index contributed by atoms with van der Waals surface area (Å²) in [7, 11) is 1.71. The quantitative estimate of drug-likeness (QED) is 0.759. The molecule has 0 aliphatic carbocycles. The zero-order chi connectivity index (χ0) is 11.6. The van der Waals surface area contributed by atoms with Crippen LogP contribution in [0.3, 0.4) is 0 Å². The Kier molecular flexibility index (Phi) is 3.55. The van der Waals surface area contributed by atoms with Crippen LogP contribution >= 0.6 is 0 Å². The average Bonchev–Trinajstić information content (AvgIpc) is 2.41. The first-order chi connectivity index (χ1) is 6.97. The van der Waals surface area contributed by atoms with Gasteiger partial charge in [0.05, 0.1) is 12.5 Å². The summed E-state index contributed by atoms with van der Waals surface area (Å²) in [6, 6.07) is -0.141.